The first-order chi connectivity index (χ1) is 26.4. The summed E-state index contributed by atoms with van der Waals surface area (Å²) >= 11 is 3.80. The molecule has 10 rings (SSSR count). The molecule has 0 fully saturated rings. The Kier molecular flexibility index (Phi) is 9.82. The second-order valence-electron chi connectivity index (χ2n) is 12.2. The van der Waals surface area contributed by atoms with Crippen molar-refractivity contribution in [3.05, 3.63) is 126 Å². The molecule has 10 aromatic rings. The largest absolute Gasteiger partial charge is 0.291 e. The van der Waals surface area contributed by atoms with Gasteiger partial charge in [0.25, 0.3) is 0 Å². The minimum absolute atomic E-state index is 0.00982. The van der Waals surface area contributed by atoms with Gasteiger partial charge in [-0.15, -0.1) is 0 Å². The van der Waals surface area contributed by atoms with Gasteiger partial charge in [0, 0.05) is 53.9 Å². The highest BCUT2D eigenvalue weighted by molar-refractivity contribution is 7.12. The van der Waals surface area contributed by atoms with Crippen molar-refractivity contribution in [2.45, 2.75) is 39.5 Å². The van der Waals surface area contributed by atoms with E-state index in [-0.39, 0.29) is 17.3 Å². The number of ketones is 3. The maximum atomic E-state index is 12.5. The lowest BCUT2D eigenvalue weighted by Crippen LogP contribution is -2.08. The van der Waals surface area contributed by atoms with E-state index in [0.717, 1.165) is 60.0 Å². The molecule has 6 aromatic heterocycles. The van der Waals surface area contributed by atoms with E-state index in [4.69, 9.17) is 0 Å². The molecule has 0 aliphatic carbocycles. The number of Topliss-reactive ketones (excluding diaryl/α,β-unsaturated/α-hetero) is 3. The number of benzene rings is 4. The Morgan fingerprint density at radius 1 is 0.500 bits per heavy atom. The van der Waals surface area contributed by atoms with Crippen LogP contribution in [0.5, 0.6) is 0 Å². The highest BCUT2D eigenvalue weighted by atomic mass is 32.1. The molecule has 0 saturated heterocycles. The molecule has 0 saturated carbocycles. The van der Waals surface area contributed by atoms with Crippen LogP contribution in [0.2, 0.25) is 0 Å². The monoisotopic (exact) mass is 769 g/mol. The Hall–Kier alpha value is -6.03. The van der Waals surface area contributed by atoms with Crippen molar-refractivity contribution in [3.8, 4) is 0 Å². The summed E-state index contributed by atoms with van der Waals surface area (Å²) in [6.07, 6.45) is 2.19. The average molecular weight is 770 g/mol. The van der Waals surface area contributed by atoms with Gasteiger partial charge in [0.05, 0.1) is 33.1 Å². The SMILES string of the molecule is CCC(=O)c1nsc2nc3ccccc3n12.CCCC(=O)c1nsc2nc3ccccc3n12.O=C(Cc1ccccc1)c1nsc2nc3ccccc3n12. The molecule has 0 spiro atoms. The van der Waals surface area contributed by atoms with Crippen LogP contribution in [-0.2, 0) is 6.42 Å². The minimum atomic E-state index is 0.00982. The van der Waals surface area contributed by atoms with E-state index in [1.807, 2.05) is 130 Å². The molecular weight excluding hydrogens is 739 g/mol. The van der Waals surface area contributed by atoms with Gasteiger partial charge in [-0.05, 0) is 48.4 Å². The minimum Gasteiger partial charge on any atom is -0.291 e. The molecule has 0 amide bonds. The van der Waals surface area contributed by atoms with E-state index in [1.54, 1.807) is 0 Å². The van der Waals surface area contributed by atoms with E-state index in [2.05, 4.69) is 28.1 Å². The molecule has 268 valence electrons. The molecule has 0 N–H and O–H groups in total. The number of carbonyl (C=O) groups excluding carboxylic acids is 3. The van der Waals surface area contributed by atoms with Crippen LogP contribution in [0, 0.1) is 0 Å². The number of aromatic nitrogens is 9. The summed E-state index contributed by atoms with van der Waals surface area (Å²) in [5, 5.41) is 0. The van der Waals surface area contributed by atoms with Gasteiger partial charge < -0.3 is 0 Å². The smallest absolute Gasteiger partial charge is 0.214 e. The second-order valence-corrected chi connectivity index (χ2v) is 14.4. The lowest BCUT2D eigenvalue weighted by atomic mass is 10.1. The molecule has 0 aliphatic rings. The van der Waals surface area contributed by atoms with E-state index in [9.17, 15) is 14.4 Å². The summed E-state index contributed by atoms with van der Waals surface area (Å²) < 4.78 is 18.2. The summed E-state index contributed by atoms with van der Waals surface area (Å²) in [6.45, 7) is 3.83. The van der Waals surface area contributed by atoms with Crippen LogP contribution >= 0.6 is 34.6 Å². The number of nitrogens with zero attached hydrogens (tertiary/aromatic N) is 9. The van der Waals surface area contributed by atoms with Crippen molar-refractivity contribution in [3.63, 3.8) is 0 Å². The molecule has 6 heterocycles. The number of hydrogen-bond donors (Lipinski definition) is 0. The van der Waals surface area contributed by atoms with Crippen molar-refractivity contribution >= 4 is 99.9 Å². The molecule has 15 heteroatoms. The van der Waals surface area contributed by atoms with Crippen LogP contribution in [0.4, 0.5) is 0 Å². The Balaban J connectivity index is 0.000000116. The van der Waals surface area contributed by atoms with Crippen LogP contribution in [-0.4, -0.2) is 58.6 Å². The average Bonchev–Trinajstić information content (AvgIpc) is 4.04. The Morgan fingerprint density at radius 3 is 1.31 bits per heavy atom. The Labute approximate surface area is 319 Å². The third kappa shape index (κ3) is 6.57. The van der Waals surface area contributed by atoms with Crippen LogP contribution in [0.1, 0.15) is 70.5 Å². The van der Waals surface area contributed by atoms with E-state index in [1.165, 1.54) is 34.6 Å². The van der Waals surface area contributed by atoms with Gasteiger partial charge >= 0.3 is 0 Å². The lowest BCUT2D eigenvalue weighted by Gasteiger charge is -2.00. The highest BCUT2D eigenvalue weighted by Crippen LogP contribution is 2.24. The summed E-state index contributed by atoms with van der Waals surface area (Å²) in [4.78, 5) is 51.9. The normalized spacial score (nSPS) is 11.3. The molecule has 54 heavy (non-hydrogen) atoms. The molecule has 4 aromatic carbocycles. The van der Waals surface area contributed by atoms with E-state index in [0.29, 0.717) is 36.7 Å². The predicted octanol–water partition coefficient (Wildman–Crippen LogP) is 8.83. The van der Waals surface area contributed by atoms with Crippen LogP contribution in [0.25, 0.3) is 48.0 Å². The number of rotatable bonds is 8. The fraction of sp³-hybridized carbons (Fsp3) is 0.154. The standard InChI is InChI=1S/C16H11N3OS.C12H11N3OS.C11H9N3OS/c20-14(10-11-6-2-1-3-7-11)15-18-21-16-17-12-8-4-5-9-13(12)19(15)16;1-2-5-10(16)11-14-17-12-13-8-6-3-4-7-9(8)15(11)12;1-2-9(15)10-13-16-11-12-7-5-3-4-6-8(7)14(10)11/h1-9H,10H2;3-4,6-7H,2,5H2,1H3;3-6H,2H2,1H3. The van der Waals surface area contributed by atoms with Crippen LogP contribution in [0.3, 0.4) is 0 Å². The maximum Gasteiger partial charge on any atom is 0.214 e. The molecular formula is C39H31N9O3S3. The topological polar surface area (TPSA) is 142 Å². The van der Waals surface area contributed by atoms with Gasteiger partial charge in [-0.25, -0.2) is 15.0 Å². The zero-order valence-electron chi connectivity index (χ0n) is 29.1. The zero-order chi connectivity index (χ0) is 37.2. The van der Waals surface area contributed by atoms with E-state index >= 15 is 0 Å². The number of carbonyl (C=O) groups is 3. The number of fused-ring (bicyclic) bond motifs is 9. The van der Waals surface area contributed by atoms with Crippen molar-refractivity contribution in [2.24, 2.45) is 0 Å². The van der Waals surface area contributed by atoms with Crippen molar-refractivity contribution in [1.82, 2.24) is 41.3 Å². The Morgan fingerprint density at radius 2 is 0.889 bits per heavy atom. The van der Waals surface area contributed by atoms with Crippen molar-refractivity contribution < 1.29 is 14.4 Å². The maximum absolute atomic E-state index is 12.5. The summed E-state index contributed by atoms with van der Waals surface area (Å²) in [7, 11) is 0. The highest BCUT2D eigenvalue weighted by Gasteiger charge is 2.20. The summed E-state index contributed by atoms with van der Waals surface area (Å²) in [5.41, 5.74) is 6.53. The lowest BCUT2D eigenvalue weighted by molar-refractivity contribution is 0.0966. The predicted molar refractivity (Wildman–Crippen MR) is 213 cm³/mol. The molecule has 0 radical (unpaired) electrons. The number of imidazole rings is 3. The summed E-state index contributed by atoms with van der Waals surface area (Å²) in [5.74, 6) is 1.62. The third-order valence-corrected chi connectivity index (χ3v) is 10.7. The van der Waals surface area contributed by atoms with Gasteiger partial charge in [0.1, 0.15) is 0 Å². The molecule has 0 unspecified atom stereocenters. The first kappa shape index (κ1) is 35.0. The molecule has 12 nitrogen and oxygen atoms in total. The van der Waals surface area contributed by atoms with E-state index < -0.39 is 0 Å². The first-order valence-electron chi connectivity index (χ1n) is 17.3. The van der Waals surface area contributed by atoms with Crippen LogP contribution in [0.15, 0.2) is 103 Å². The molecule has 0 aliphatic heterocycles. The Bertz CT molecular complexity index is 2950. The fourth-order valence-corrected chi connectivity index (χ4v) is 8.34. The molecule has 0 atom stereocenters. The second kappa shape index (κ2) is 15.1. The quantitative estimate of drug-likeness (QED) is 0.139. The number of para-hydroxylation sites is 6. The van der Waals surface area contributed by atoms with Crippen molar-refractivity contribution in [1.29, 1.82) is 0 Å². The van der Waals surface area contributed by atoms with Gasteiger partial charge in [-0.2, -0.15) is 13.1 Å². The number of hydrogen-bond acceptors (Lipinski definition) is 12. The summed E-state index contributed by atoms with van der Waals surface area (Å²) in [6, 6.07) is 33.1. The third-order valence-electron chi connectivity index (χ3n) is 8.62. The molecule has 0 bridgehead atoms. The fourth-order valence-electron chi connectivity index (χ4n) is 6.07. The van der Waals surface area contributed by atoms with Gasteiger partial charge in [-0.1, -0.05) is 80.6 Å². The van der Waals surface area contributed by atoms with Gasteiger partial charge in [0.15, 0.2) is 29.0 Å². The van der Waals surface area contributed by atoms with Crippen molar-refractivity contribution in [2.75, 3.05) is 0 Å². The van der Waals surface area contributed by atoms with Crippen LogP contribution < -0.4 is 0 Å². The van der Waals surface area contributed by atoms with Gasteiger partial charge in [-0.3, -0.25) is 27.6 Å². The zero-order valence-corrected chi connectivity index (χ0v) is 31.6. The van der Waals surface area contributed by atoms with Gasteiger partial charge in [0.2, 0.25) is 20.7 Å². The first-order valence-corrected chi connectivity index (χ1v) is 19.6.